The summed E-state index contributed by atoms with van der Waals surface area (Å²) in [5.74, 6) is 0. The predicted octanol–water partition coefficient (Wildman–Crippen LogP) is 5.59. The van der Waals surface area contributed by atoms with Crippen molar-refractivity contribution < 1.29 is 0 Å². The fourth-order valence-corrected chi connectivity index (χ4v) is 2.09. The van der Waals surface area contributed by atoms with Crippen LogP contribution in [0.5, 0.6) is 0 Å². The molecule has 2 rings (SSSR count). The molecule has 92 valence electrons. The van der Waals surface area contributed by atoms with Crippen LogP contribution < -0.4 is 0 Å². The van der Waals surface area contributed by atoms with E-state index in [1.165, 1.54) is 34.8 Å². The molecule has 0 saturated carbocycles. The Kier molecular flexibility index (Phi) is 4.39. The van der Waals surface area contributed by atoms with Crippen LogP contribution in [0.1, 0.15) is 38.7 Å². The van der Waals surface area contributed by atoms with Crippen LogP contribution >= 0.6 is 0 Å². The van der Waals surface area contributed by atoms with E-state index in [4.69, 9.17) is 0 Å². The highest BCUT2D eigenvalue weighted by atomic mass is 14.0. The summed E-state index contributed by atoms with van der Waals surface area (Å²) in [5, 5.41) is 2.59. The number of fused-ring (bicyclic) bond motifs is 1. The molecule has 0 aliphatic carbocycles. The van der Waals surface area contributed by atoms with Crippen LogP contribution in [0, 0.1) is 0 Å². The Morgan fingerprint density at radius 2 is 1.89 bits per heavy atom. The van der Waals surface area contributed by atoms with Gasteiger partial charge in [-0.15, -0.1) is 5.73 Å². The van der Waals surface area contributed by atoms with Gasteiger partial charge in [0.1, 0.15) is 0 Å². The molecule has 0 radical (unpaired) electrons. The average Bonchev–Trinajstić information content (AvgIpc) is 2.42. The lowest BCUT2D eigenvalue weighted by atomic mass is 10.0. The van der Waals surface area contributed by atoms with Gasteiger partial charge in [-0.3, -0.25) is 0 Å². The molecule has 0 aliphatic rings. The summed E-state index contributed by atoms with van der Waals surface area (Å²) in [6.45, 7) is 4.39. The maximum atomic E-state index is 3.42. The topological polar surface area (TPSA) is 0 Å². The van der Waals surface area contributed by atoms with E-state index in [1.54, 1.807) is 0 Å². The highest BCUT2D eigenvalue weighted by Gasteiger charge is 1.95. The molecule has 0 bridgehead atoms. The van der Waals surface area contributed by atoms with E-state index in [-0.39, 0.29) is 0 Å². The maximum Gasteiger partial charge on any atom is -0.0101 e. The predicted molar refractivity (Wildman–Crippen MR) is 80.6 cm³/mol. The fourth-order valence-electron chi connectivity index (χ4n) is 2.09. The first-order valence-electron chi connectivity index (χ1n) is 6.71. The molecule has 0 nitrogen and oxygen atoms in total. The number of rotatable bonds is 4. The van der Waals surface area contributed by atoms with Gasteiger partial charge >= 0.3 is 0 Å². The van der Waals surface area contributed by atoms with E-state index in [0.29, 0.717) is 0 Å². The van der Waals surface area contributed by atoms with Crippen LogP contribution in [0.25, 0.3) is 16.8 Å². The van der Waals surface area contributed by atoms with Crippen molar-refractivity contribution in [3.05, 3.63) is 59.3 Å². The summed E-state index contributed by atoms with van der Waals surface area (Å²) in [5.41, 5.74) is 6.01. The Morgan fingerprint density at radius 3 is 2.72 bits per heavy atom. The Balaban J connectivity index is 2.34. The molecular weight excluding hydrogens is 216 g/mol. The molecule has 0 saturated heterocycles. The molecule has 0 amide bonds. The van der Waals surface area contributed by atoms with Crippen LogP contribution in [-0.4, -0.2) is 0 Å². The molecule has 0 aromatic heterocycles. The van der Waals surface area contributed by atoms with E-state index in [2.05, 4.69) is 68.1 Å². The molecule has 0 aliphatic heterocycles. The quantitative estimate of drug-likeness (QED) is 0.607. The van der Waals surface area contributed by atoms with Gasteiger partial charge in [0.25, 0.3) is 0 Å². The largest absolute Gasteiger partial charge is 0.121 e. The third-order valence-electron chi connectivity index (χ3n) is 3.20. The van der Waals surface area contributed by atoms with Gasteiger partial charge in [-0.05, 0) is 47.8 Å². The van der Waals surface area contributed by atoms with Gasteiger partial charge in [0.2, 0.25) is 0 Å². The number of hydrogen-bond donors (Lipinski definition) is 0. The normalized spacial score (nSPS) is 10.1. The molecule has 0 fully saturated rings. The monoisotopic (exact) mass is 236 g/mol. The summed E-state index contributed by atoms with van der Waals surface area (Å²) in [6.07, 6.45) is 5.76. The van der Waals surface area contributed by atoms with E-state index in [0.717, 1.165) is 6.42 Å². The Bertz CT molecular complexity index is 579. The lowest BCUT2D eigenvalue weighted by Crippen LogP contribution is -1.77. The second kappa shape index (κ2) is 6.23. The average molecular weight is 236 g/mol. The van der Waals surface area contributed by atoms with Gasteiger partial charge in [-0.1, -0.05) is 55.8 Å². The highest BCUT2D eigenvalue weighted by molar-refractivity contribution is 5.90. The lowest BCUT2D eigenvalue weighted by molar-refractivity contribution is 0.789. The van der Waals surface area contributed by atoms with Gasteiger partial charge in [-0.25, -0.2) is 0 Å². The molecule has 0 unspecified atom stereocenters. The standard InChI is InChI=1S/C18H20/c1-3-4-8-15(2)13-14-17-11-7-10-16-9-5-6-12-18(16)17/h5-7,9-12,14H,3-4,8H2,1-2H3. The second-order valence-electron chi connectivity index (χ2n) is 4.74. The molecule has 0 heteroatoms. The zero-order valence-corrected chi connectivity index (χ0v) is 11.2. The van der Waals surface area contributed by atoms with Crippen LogP contribution in [0.4, 0.5) is 0 Å². The summed E-state index contributed by atoms with van der Waals surface area (Å²) in [6, 6.07) is 14.9. The first kappa shape index (κ1) is 12.7. The highest BCUT2D eigenvalue weighted by Crippen LogP contribution is 2.19. The second-order valence-corrected chi connectivity index (χ2v) is 4.74. The SMILES string of the molecule is CCCCC(C)=C=Cc1cccc2ccccc12. The van der Waals surface area contributed by atoms with Gasteiger partial charge in [0.15, 0.2) is 0 Å². The van der Waals surface area contributed by atoms with Gasteiger partial charge < -0.3 is 0 Å². The lowest BCUT2D eigenvalue weighted by Gasteiger charge is -2.00. The van der Waals surface area contributed by atoms with E-state index >= 15 is 0 Å². The number of unbranched alkanes of at least 4 members (excludes halogenated alkanes) is 1. The number of allylic oxidation sites excluding steroid dienone is 1. The smallest absolute Gasteiger partial charge is 0.0101 e. The van der Waals surface area contributed by atoms with Crippen molar-refractivity contribution in [3.8, 4) is 0 Å². The van der Waals surface area contributed by atoms with Crippen LogP contribution in [0.3, 0.4) is 0 Å². The molecule has 0 atom stereocenters. The minimum atomic E-state index is 1.15. The Hall–Kier alpha value is -1.78. The number of benzene rings is 2. The zero-order valence-electron chi connectivity index (χ0n) is 11.2. The van der Waals surface area contributed by atoms with Crippen molar-refractivity contribution in [2.45, 2.75) is 33.1 Å². The van der Waals surface area contributed by atoms with Crippen LogP contribution in [0.2, 0.25) is 0 Å². The Morgan fingerprint density at radius 1 is 1.11 bits per heavy atom. The summed E-state index contributed by atoms with van der Waals surface area (Å²) < 4.78 is 0. The first-order valence-corrected chi connectivity index (χ1v) is 6.71. The molecule has 0 heterocycles. The third-order valence-corrected chi connectivity index (χ3v) is 3.20. The van der Waals surface area contributed by atoms with Gasteiger partial charge in [0, 0.05) is 0 Å². The Labute approximate surface area is 110 Å². The minimum Gasteiger partial charge on any atom is -0.121 e. The van der Waals surface area contributed by atoms with E-state index in [1.807, 2.05) is 0 Å². The molecule has 18 heavy (non-hydrogen) atoms. The molecule has 0 spiro atoms. The van der Waals surface area contributed by atoms with E-state index in [9.17, 15) is 0 Å². The molecule has 2 aromatic carbocycles. The van der Waals surface area contributed by atoms with Crippen LogP contribution in [-0.2, 0) is 0 Å². The summed E-state index contributed by atoms with van der Waals surface area (Å²) >= 11 is 0. The van der Waals surface area contributed by atoms with Crippen molar-refractivity contribution in [2.24, 2.45) is 0 Å². The van der Waals surface area contributed by atoms with Crippen molar-refractivity contribution >= 4 is 16.8 Å². The van der Waals surface area contributed by atoms with Gasteiger partial charge in [-0.2, -0.15) is 0 Å². The fraction of sp³-hybridized carbons (Fsp3) is 0.278. The minimum absolute atomic E-state index is 1.15. The van der Waals surface area contributed by atoms with Crippen molar-refractivity contribution in [1.29, 1.82) is 0 Å². The molecular formula is C18H20. The number of hydrogen-bond acceptors (Lipinski definition) is 0. The maximum absolute atomic E-state index is 3.42. The first-order chi connectivity index (χ1) is 8.81. The third kappa shape index (κ3) is 3.12. The van der Waals surface area contributed by atoms with Crippen molar-refractivity contribution in [1.82, 2.24) is 0 Å². The van der Waals surface area contributed by atoms with Crippen molar-refractivity contribution in [3.63, 3.8) is 0 Å². The molecule has 2 aromatic rings. The molecule has 0 N–H and O–H groups in total. The van der Waals surface area contributed by atoms with Gasteiger partial charge in [0.05, 0.1) is 0 Å². The van der Waals surface area contributed by atoms with E-state index < -0.39 is 0 Å². The van der Waals surface area contributed by atoms with Crippen molar-refractivity contribution in [2.75, 3.05) is 0 Å². The summed E-state index contributed by atoms with van der Waals surface area (Å²) in [7, 11) is 0. The summed E-state index contributed by atoms with van der Waals surface area (Å²) in [4.78, 5) is 0. The van der Waals surface area contributed by atoms with Crippen LogP contribution in [0.15, 0.2) is 53.8 Å². The zero-order chi connectivity index (χ0) is 12.8.